The molecule has 0 bridgehead atoms. The molecule has 0 aliphatic heterocycles. The van der Waals surface area contributed by atoms with Gasteiger partial charge in [-0.2, -0.15) is 0 Å². The van der Waals surface area contributed by atoms with Gasteiger partial charge in [0, 0.05) is 19.6 Å². The standard InChI is InChI=1S/C17H29FN2/c1-6-12-19-16(17(2,3)4)11-13-20(5)15-10-8-7-9-14(15)18/h7-10,16,19H,6,11-13H2,1-5H3. The fraction of sp³-hybridized carbons (Fsp3) is 0.647. The summed E-state index contributed by atoms with van der Waals surface area (Å²) in [5.74, 6) is -0.149. The minimum atomic E-state index is -0.149. The van der Waals surface area contributed by atoms with E-state index in [1.165, 1.54) is 6.07 Å². The quantitative estimate of drug-likeness (QED) is 0.810. The molecule has 1 rings (SSSR count). The molecular weight excluding hydrogens is 251 g/mol. The summed E-state index contributed by atoms with van der Waals surface area (Å²) in [7, 11) is 1.96. The Morgan fingerprint density at radius 1 is 1.25 bits per heavy atom. The number of nitrogens with one attached hydrogen (secondary N) is 1. The molecule has 2 nitrogen and oxygen atoms in total. The van der Waals surface area contributed by atoms with Crippen LogP contribution in [0.25, 0.3) is 0 Å². The molecule has 0 spiro atoms. The fourth-order valence-electron chi connectivity index (χ4n) is 2.36. The molecule has 0 fully saturated rings. The van der Waals surface area contributed by atoms with Gasteiger partial charge >= 0.3 is 0 Å². The van der Waals surface area contributed by atoms with Gasteiger partial charge in [-0.25, -0.2) is 4.39 Å². The first-order chi connectivity index (χ1) is 9.36. The zero-order valence-corrected chi connectivity index (χ0v) is 13.5. The highest BCUT2D eigenvalue weighted by atomic mass is 19.1. The molecule has 0 heterocycles. The predicted molar refractivity (Wildman–Crippen MR) is 85.8 cm³/mol. The van der Waals surface area contributed by atoms with Crippen LogP contribution in [-0.2, 0) is 0 Å². The van der Waals surface area contributed by atoms with Crippen LogP contribution in [0.5, 0.6) is 0 Å². The number of nitrogens with zero attached hydrogens (tertiary/aromatic N) is 1. The van der Waals surface area contributed by atoms with Crippen LogP contribution in [-0.4, -0.2) is 26.2 Å². The predicted octanol–water partition coefficient (Wildman–Crippen LogP) is 4.07. The van der Waals surface area contributed by atoms with E-state index in [1.54, 1.807) is 6.07 Å². The van der Waals surface area contributed by atoms with E-state index in [0.29, 0.717) is 11.7 Å². The van der Waals surface area contributed by atoms with Crippen LogP contribution in [0.15, 0.2) is 24.3 Å². The number of rotatable bonds is 7. The normalized spacial score (nSPS) is 13.3. The minimum Gasteiger partial charge on any atom is -0.372 e. The number of hydrogen-bond acceptors (Lipinski definition) is 2. The Balaban J connectivity index is 2.61. The summed E-state index contributed by atoms with van der Waals surface area (Å²) in [5.41, 5.74) is 0.890. The molecule has 0 aliphatic carbocycles. The van der Waals surface area contributed by atoms with Crippen molar-refractivity contribution in [3.05, 3.63) is 30.1 Å². The third kappa shape index (κ3) is 5.12. The smallest absolute Gasteiger partial charge is 0.146 e. The Kier molecular flexibility index (Phi) is 6.47. The monoisotopic (exact) mass is 280 g/mol. The van der Waals surface area contributed by atoms with Crippen molar-refractivity contribution in [2.45, 2.75) is 46.6 Å². The molecule has 3 heteroatoms. The molecule has 0 aromatic heterocycles. The van der Waals surface area contributed by atoms with Crippen LogP contribution in [0.1, 0.15) is 40.5 Å². The highest BCUT2D eigenvalue weighted by Crippen LogP contribution is 2.23. The molecule has 0 aliphatic rings. The molecule has 0 saturated carbocycles. The van der Waals surface area contributed by atoms with Gasteiger partial charge in [0.2, 0.25) is 0 Å². The largest absolute Gasteiger partial charge is 0.372 e. The van der Waals surface area contributed by atoms with Gasteiger partial charge in [-0.05, 0) is 36.9 Å². The molecule has 0 saturated heterocycles. The molecule has 1 unspecified atom stereocenters. The van der Waals surface area contributed by atoms with E-state index in [2.05, 4.69) is 33.0 Å². The number of anilines is 1. The van der Waals surface area contributed by atoms with Crippen LogP contribution in [0.3, 0.4) is 0 Å². The van der Waals surface area contributed by atoms with Crippen molar-refractivity contribution in [2.75, 3.05) is 25.0 Å². The Morgan fingerprint density at radius 3 is 2.45 bits per heavy atom. The second-order valence-electron chi connectivity index (χ2n) is 6.53. The van der Waals surface area contributed by atoms with Gasteiger partial charge in [-0.15, -0.1) is 0 Å². The second-order valence-corrected chi connectivity index (χ2v) is 6.53. The van der Waals surface area contributed by atoms with E-state index in [1.807, 2.05) is 24.1 Å². The minimum absolute atomic E-state index is 0.149. The van der Waals surface area contributed by atoms with Crippen LogP contribution in [0.2, 0.25) is 0 Å². The lowest BCUT2D eigenvalue weighted by molar-refractivity contribution is 0.257. The summed E-state index contributed by atoms with van der Waals surface area (Å²) >= 11 is 0. The molecule has 1 aromatic rings. The van der Waals surface area contributed by atoms with Gasteiger partial charge in [0.15, 0.2) is 0 Å². The van der Waals surface area contributed by atoms with Gasteiger partial charge in [-0.3, -0.25) is 0 Å². The first-order valence-electron chi connectivity index (χ1n) is 7.55. The van der Waals surface area contributed by atoms with Gasteiger partial charge in [0.1, 0.15) is 5.82 Å². The Morgan fingerprint density at radius 2 is 1.90 bits per heavy atom. The molecule has 114 valence electrons. The Labute approximate surface area is 123 Å². The lowest BCUT2D eigenvalue weighted by atomic mass is 9.84. The molecule has 20 heavy (non-hydrogen) atoms. The van der Waals surface area contributed by atoms with Crippen LogP contribution < -0.4 is 10.2 Å². The maximum atomic E-state index is 13.7. The summed E-state index contributed by atoms with van der Waals surface area (Å²) in [5, 5.41) is 3.61. The molecule has 1 aromatic carbocycles. The molecule has 1 atom stereocenters. The van der Waals surface area contributed by atoms with Gasteiger partial charge in [-0.1, -0.05) is 39.8 Å². The van der Waals surface area contributed by atoms with E-state index in [4.69, 9.17) is 0 Å². The summed E-state index contributed by atoms with van der Waals surface area (Å²) in [6, 6.07) is 7.40. The molecule has 0 amide bonds. The molecule has 1 N–H and O–H groups in total. The van der Waals surface area contributed by atoms with Crippen molar-refractivity contribution in [2.24, 2.45) is 5.41 Å². The van der Waals surface area contributed by atoms with Crippen molar-refractivity contribution in [3.63, 3.8) is 0 Å². The number of hydrogen-bond donors (Lipinski definition) is 1. The third-order valence-electron chi connectivity index (χ3n) is 3.70. The molecule has 0 radical (unpaired) electrons. The summed E-state index contributed by atoms with van der Waals surface area (Å²) in [6.45, 7) is 10.8. The number of benzene rings is 1. The number of para-hydroxylation sites is 1. The Bertz CT molecular complexity index is 398. The zero-order chi connectivity index (χ0) is 15.2. The SMILES string of the molecule is CCCNC(CCN(C)c1ccccc1F)C(C)(C)C. The highest BCUT2D eigenvalue weighted by Gasteiger charge is 2.24. The zero-order valence-electron chi connectivity index (χ0n) is 13.5. The maximum absolute atomic E-state index is 13.7. The van der Waals surface area contributed by atoms with Crippen molar-refractivity contribution < 1.29 is 4.39 Å². The second kappa shape index (κ2) is 7.63. The summed E-state index contributed by atoms with van der Waals surface area (Å²) in [4.78, 5) is 2.00. The average molecular weight is 280 g/mol. The van der Waals surface area contributed by atoms with Crippen molar-refractivity contribution >= 4 is 5.69 Å². The first kappa shape index (κ1) is 17.0. The summed E-state index contributed by atoms with van der Waals surface area (Å²) in [6.07, 6.45) is 2.14. The fourth-order valence-corrected chi connectivity index (χ4v) is 2.36. The summed E-state index contributed by atoms with van der Waals surface area (Å²) < 4.78 is 13.7. The lowest BCUT2D eigenvalue weighted by Crippen LogP contribution is -2.42. The van der Waals surface area contributed by atoms with Gasteiger partial charge in [0.25, 0.3) is 0 Å². The molecular formula is C17H29FN2. The third-order valence-corrected chi connectivity index (χ3v) is 3.70. The van der Waals surface area contributed by atoms with E-state index < -0.39 is 0 Å². The number of halogens is 1. The van der Waals surface area contributed by atoms with Gasteiger partial charge in [0.05, 0.1) is 5.69 Å². The van der Waals surface area contributed by atoms with E-state index in [9.17, 15) is 4.39 Å². The maximum Gasteiger partial charge on any atom is 0.146 e. The van der Waals surface area contributed by atoms with Gasteiger partial charge < -0.3 is 10.2 Å². The van der Waals surface area contributed by atoms with E-state index >= 15 is 0 Å². The van der Waals surface area contributed by atoms with Crippen LogP contribution >= 0.6 is 0 Å². The average Bonchev–Trinajstić information content (AvgIpc) is 2.37. The first-order valence-corrected chi connectivity index (χ1v) is 7.55. The van der Waals surface area contributed by atoms with Crippen molar-refractivity contribution in [1.82, 2.24) is 5.32 Å². The van der Waals surface area contributed by atoms with Crippen molar-refractivity contribution in [1.29, 1.82) is 0 Å². The Hall–Kier alpha value is -1.09. The lowest BCUT2D eigenvalue weighted by Gasteiger charge is -2.33. The van der Waals surface area contributed by atoms with Crippen molar-refractivity contribution in [3.8, 4) is 0 Å². The highest BCUT2D eigenvalue weighted by molar-refractivity contribution is 5.46. The topological polar surface area (TPSA) is 15.3 Å². The van der Waals surface area contributed by atoms with Crippen LogP contribution in [0.4, 0.5) is 10.1 Å². The van der Waals surface area contributed by atoms with E-state index in [0.717, 1.165) is 25.9 Å². The van der Waals surface area contributed by atoms with E-state index in [-0.39, 0.29) is 11.2 Å². The van der Waals surface area contributed by atoms with Crippen LogP contribution in [0, 0.1) is 11.2 Å².